The summed E-state index contributed by atoms with van der Waals surface area (Å²) in [5.41, 5.74) is -0.0967. The molecule has 0 saturated carbocycles. The number of hydrogen-bond donors (Lipinski definition) is 2. The van der Waals surface area contributed by atoms with E-state index in [1.807, 2.05) is 4.90 Å². The van der Waals surface area contributed by atoms with Gasteiger partial charge in [0.25, 0.3) is 0 Å². The molecule has 0 spiro atoms. The van der Waals surface area contributed by atoms with Crippen LogP contribution in [0.1, 0.15) is 43.6 Å². The summed E-state index contributed by atoms with van der Waals surface area (Å²) in [5, 5.41) is 18.8. The average molecular weight is 295 g/mol. The third-order valence-corrected chi connectivity index (χ3v) is 3.87. The van der Waals surface area contributed by atoms with Crippen LogP contribution in [-0.2, 0) is 6.54 Å². The fourth-order valence-corrected chi connectivity index (χ4v) is 2.71. The Hall–Kier alpha value is -2.12. The summed E-state index contributed by atoms with van der Waals surface area (Å²) in [7, 11) is 0. The fourth-order valence-electron chi connectivity index (χ4n) is 2.71. The zero-order valence-electron chi connectivity index (χ0n) is 12.3. The van der Waals surface area contributed by atoms with Gasteiger partial charge in [0.2, 0.25) is 0 Å². The van der Waals surface area contributed by atoms with E-state index in [1.54, 1.807) is 0 Å². The van der Waals surface area contributed by atoms with Crippen molar-refractivity contribution in [2.45, 2.75) is 51.7 Å². The van der Waals surface area contributed by atoms with Crippen LogP contribution in [0.15, 0.2) is 6.20 Å². The lowest BCUT2D eigenvalue weighted by Gasteiger charge is -2.28. The molecule has 0 aromatic carbocycles. The lowest BCUT2D eigenvalue weighted by Crippen LogP contribution is -2.46. The van der Waals surface area contributed by atoms with Crippen LogP contribution in [-0.4, -0.2) is 55.6 Å². The van der Waals surface area contributed by atoms with Crippen molar-refractivity contribution in [2.24, 2.45) is 0 Å². The van der Waals surface area contributed by atoms with E-state index in [9.17, 15) is 9.59 Å². The molecule has 2 amide bonds. The summed E-state index contributed by atoms with van der Waals surface area (Å²) in [6, 6.07) is 0.510. The molecule has 1 aliphatic heterocycles. The number of nitrogens with zero attached hydrogens (tertiary/aromatic N) is 4. The number of hydrogen-bond acceptors (Lipinski definition) is 4. The number of rotatable bonds is 5. The van der Waals surface area contributed by atoms with Gasteiger partial charge in [0.05, 0.1) is 12.7 Å². The van der Waals surface area contributed by atoms with E-state index in [-0.39, 0.29) is 17.8 Å². The minimum atomic E-state index is -1.11. The number of carbonyl (C=O) groups is 2. The highest BCUT2D eigenvalue weighted by atomic mass is 16.4. The van der Waals surface area contributed by atoms with Crippen LogP contribution in [0, 0.1) is 0 Å². The smallest absolute Gasteiger partial charge is 0.358 e. The van der Waals surface area contributed by atoms with Crippen LogP contribution in [0.4, 0.5) is 4.79 Å². The maximum absolute atomic E-state index is 12.2. The molecule has 2 N–H and O–H groups in total. The van der Waals surface area contributed by atoms with Crippen molar-refractivity contribution in [2.75, 3.05) is 6.54 Å². The molecule has 1 aromatic heterocycles. The van der Waals surface area contributed by atoms with Crippen molar-refractivity contribution in [3.8, 4) is 0 Å². The first kappa shape index (κ1) is 15.3. The van der Waals surface area contributed by atoms with E-state index >= 15 is 0 Å². The van der Waals surface area contributed by atoms with Gasteiger partial charge in [-0.05, 0) is 26.2 Å². The molecular formula is C13H21N5O3. The highest BCUT2D eigenvalue weighted by Gasteiger charge is 2.32. The van der Waals surface area contributed by atoms with E-state index in [0.29, 0.717) is 19.1 Å². The fraction of sp³-hybridized carbons (Fsp3) is 0.692. The number of carbonyl (C=O) groups excluding carboxylic acids is 1. The van der Waals surface area contributed by atoms with Gasteiger partial charge in [-0.3, -0.25) is 0 Å². The monoisotopic (exact) mass is 295 g/mol. The quantitative estimate of drug-likeness (QED) is 0.842. The number of aromatic carboxylic acids is 1. The van der Waals surface area contributed by atoms with Gasteiger partial charge >= 0.3 is 12.0 Å². The number of aromatic nitrogens is 3. The van der Waals surface area contributed by atoms with Gasteiger partial charge in [-0.2, -0.15) is 0 Å². The zero-order chi connectivity index (χ0) is 15.4. The van der Waals surface area contributed by atoms with Gasteiger partial charge in [0.1, 0.15) is 0 Å². The molecule has 0 bridgehead atoms. The topological polar surface area (TPSA) is 100 Å². The van der Waals surface area contributed by atoms with Crippen molar-refractivity contribution in [3.05, 3.63) is 11.9 Å². The Morgan fingerprint density at radius 3 is 2.86 bits per heavy atom. The molecular weight excluding hydrogens is 274 g/mol. The first-order valence-electron chi connectivity index (χ1n) is 7.22. The highest BCUT2D eigenvalue weighted by molar-refractivity contribution is 5.84. The van der Waals surface area contributed by atoms with Crippen LogP contribution in [0.25, 0.3) is 0 Å². The molecule has 8 heteroatoms. The van der Waals surface area contributed by atoms with E-state index in [4.69, 9.17) is 5.11 Å². The van der Waals surface area contributed by atoms with Crippen molar-refractivity contribution in [3.63, 3.8) is 0 Å². The second-order valence-corrected chi connectivity index (χ2v) is 5.30. The second-order valence-electron chi connectivity index (χ2n) is 5.30. The Morgan fingerprint density at radius 1 is 1.48 bits per heavy atom. The maximum Gasteiger partial charge on any atom is 0.358 e. The lowest BCUT2D eigenvalue weighted by atomic mass is 10.2. The molecule has 0 radical (unpaired) electrons. The Labute approximate surface area is 123 Å². The van der Waals surface area contributed by atoms with Crippen molar-refractivity contribution in [1.29, 1.82) is 0 Å². The van der Waals surface area contributed by atoms with E-state index in [1.165, 1.54) is 10.9 Å². The first-order chi connectivity index (χ1) is 10.0. The molecule has 0 aliphatic carbocycles. The summed E-state index contributed by atoms with van der Waals surface area (Å²) in [4.78, 5) is 24.8. The summed E-state index contributed by atoms with van der Waals surface area (Å²) in [6.07, 6.45) is 4.40. The largest absolute Gasteiger partial charge is 0.476 e. The second kappa shape index (κ2) is 6.55. The molecule has 2 heterocycles. The molecule has 21 heavy (non-hydrogen) atoms. The number of likely N-dealkylation sites (tertiary alicyclic amines) is 1. The molecule has 2 unspecified atom stereocenters. The van der Waals surface area contributed by atoms with E-state index in [2.05, 4.69) is 29.5 Å². The minimum absolute atomic E-state index is 0.0644. The summed E-state index contributed by atoms with van der Waals surface area (Å²) < 4.78 is 1.41. The SMILES string of the molecule is CCC1CCC(C)N1C(=O)NCCn1cc(C(=O)O)nn1. The molecule has 8 nitrogen and oxygen atoms in total. The van der Waals surface area contributed by atoms with E-state index < -0.39 is 5.97 Å². The average Bonchev–Trinajstić information content (AvgIpc) is 3.05. The van der Waals surface area contributed by atoms with Gasteiger partial charge in [0.15, 0.2) is 5.69 Å². The molecule has 1 saturated heterocycles. The Balaban J connectivity index is 1.82. The van der Waals surface area contributed by atoms with Gasteiger partial charge in [-0.25, -0.2) is 14.3 Å². The lowest BCUT2D eigenvalue weighted by molar-refractivity contribution is 0.0690. The maximum atomic E-state index is 12.2. The predicted octanol–water partition coefficient (Wildman–Crippen LogP) is 0.949. The first-order valence-corrected chi connectivity index (χ1v) is 7.22. The normalized spacial score (nSPS) is 21.5. The zero-order valence-corrected chi connectivity index (χ0v) is 12.3. The minimum Gasteiger partial charge on any atom is -0.476 e. The molecule has 2 atom stereocenters. The van der Waals surface area contributed by atoms with Crippen molar-refractivity contribution >= 4 is 12.0 Å². The molecule has 116 valence electrons. The molecule has 1 aliphatic rings. The van der Waals surface area contributed by atoms with Crippen molar-refractivity contribution in [1.82, 2.24) is 25.2 Å². The standard InChI is InChI=1S/C13H21N5O3/c1-3-10-5-4-9(2)18(10)13(21)14-6-7-17-8-11(12(19)20)15-16-17/h8-10H,3-7H2,1-2H3,(H,14,21)(H,19,20). The van der Waals surface area contributed by atoms with Gasteiger partial charge in [0, 0.05) is 18.6 Å². The molecule has 2 rings (SSSR count). The predicted molar refractivity (Wildman–Crippen MR) is 75.0 cm³/mol. The number of amides is 2. The number of carboxylic acid groups (broad SMARTS) is 1. The van der Waals surface area contributed by atoms with E-state index in [0.717, 1.165) is 19.3 Å². The number of carboxylic acids is 1. The summed E-state index contributed by atoms with van der Waals surface area (Å²) in [5.74, 6) is -1.11. The van der Waals surface area contributed by atoms with Crippen LogP contribution in [0.3, 0.4) is 0 Å². The third kappa shape index (κ3) is 3.50. The Morgan fingerprint density at radius 2 is 2.24 bits per heavy atom. The van der Waals surface area contributed by atoms with Gasteiger partial charge in [-0.15, -0.1) is 5.10 Å². The van der Waals surface area contributed by atoms with Crippen LogP contribution in [0.5, 0.6) is 0 Å². The van der Waals surface area contributed by atoms with Crippen LogP contribution < -0.4 is 5.32 Å². The number of nitrogens with one attached hydrogen (secondary N) is 1. The number of urea groups is 1. The molecule has 1 fully saturated rings. The summed E-state index contributed by atoms with van der Waals surface area (Å²) >= 11 is 0. The highest BCUT2D eigenvalue weighted by Crippen LogP contribution is 2.25. The van der Waals surface area contributed by atoms with Crippen LogP contribution >= 0.6 is 0 Å². The van der Waals surface area contributed by atoms with Gasteiger partial charge < -0.3 is 15.3 Å². The summed E-state index contributed by atoms with van der Waals surface area (Å²) in [6.45, 7) is 4.93. The molecule has 1 aromatic rings. The van der Waals surface area contributed by atoms with Crippen LogP contribution in [0.2, 0.25) is 0 Å². The third-order valence-electron chi connectivity index (χ3n) is 3.87. The Kier molecular flexibility index (Phi) is 4.77. The van der Waals surface area contributed by atoms with Gasteiger partial charge in [-0.1, -0.05) is 12.1 Å². The Bertz CT molecular complexity index is 516. The van der Waals surface area contributed by atoms with Crippen molar-refractivity contribution < 1.29 is 14.7 Å².